The first-order valence-electron chi connectivity index (χ1n) is 7.85. The predicted molar refractivity (Wildman–Crippen MR) is 86.6 cm³/mol. The van der Waals surface area contributed by atoms with Crippen molar-refractivity contribution in [1.82, 2.24) is 9.80 Å². The number of unbranched alkanes of at least 4 members (excludes halogenated alkanes) is 3. The van der Waals surface area contributed by atoms with Crippen molar-refractivity contribution in [2.45, 2.75) is 32.6 Å². The number of piperazine rings is 1. The molecule has 1 rings (SSSR count). The highest BCUT2D eigenvalue weighted by Gasteiger charge is 2.13. The molecule has 1 heterocycles. The van der Waals surface area contributed by atoms with Crippen molar-refractivity contribution in [2.75, 3.05) is 39.3 Å². The largest absolute Gasteiger partial charge is 0.502 e. The zero-order chi connectivity index (χ0) is 14.5. The van der Waals surface area contributed by atoms with Gasteiger partial charge in [-0.1, -0.05) is 31.6 Å². The summed E-state index contributed by atoms with van der Waals surface area (Å²) in [6.45, 7) is 12.4. The molecule has 114 valence electrons. The van der Waals surface area contributed by atoms with Crippen LogP contribution in [0.4, 0.5) is 0 Å². The second-order valence-corrected chi connectivity index (χ2v) is 5.20. The van der Waals surface area contributed by atoms with Gasteiger partial charge in [-0.15, -0.1) is 0 Å². The van der Waals surface area contributed by atoms with E-state index in [1.54, 1.807) is 0 Å². The van der Waals surface area contributed by atoms with Crippen molar-refractivity contribution in [3.05, 3.63) is 37.3 Å². The molecule has 0 N–H and O–H groups in total. The van der Waals surface area contributed by atoms with Gasteiger partial charge in [0.15, 0.2) is 0 Å². The standard InChI is InChI=1S/C17H30N2O/c1-3-5-8-11-18-13-15-19(16-14-18)12-9-6-7-10-17-20-4-2/h3-5,8,11H,2,6-7,9-10,12-17H2,1H3/b5-3+,11-8+. The minimum absolute atomic E-state index is 0.820. The number of rotatable bonds is 10. The average Bonchev–Trinajstić information content (AvgIpc) is 2.48. The highest BCUT2D eigenvalue weighted by molar-refractivity contribution is 5.01. The third kappa shape index (κ3) is 8.05. The molecular weight excluding hydrogens is 248 g/mol. The summed E-state index contributed by atoms with van der Waals surface area (Å²) in [5.41, 5.74) is 0. The molecule has 0 unspecified atom stereocenters. The van der Waals surface area contributed by atoms with Gasteiger partial charge in [-0.2, -0.15) is 0 Å². The lowest BCUT2D eigenvalue weighted by Gasteiger charge is -2.34. The third-order valence-electron chi connectivity index (χ3n) is 3.61. The van der Waals surface area contributed by atoms with Crippen molar-refractivity contribution < 1.29 is 4.74 Å². The van der Waals surface area contributed by atoms with Gasteiger partial charge in [0, 0.05) is 26.2 Å². The Morgan fingerprint density at radius 3 is 2.45 bits per heavy atom. The third-order valence-corrected chi connectivity index (χ3v) is 3.61. The summed E-state index contributed by atoms with van der Waals surface area (Å²) in [4.78, 5) is 4.99. The highest BCUT2D eigenvalue weighted by atomic mass is 16.5. The Hall–Kier alpha value is -1.22. The van der Waals surface area contributed by atoms with E-state index in [-0.39, 0.29) is 0 Å². The Morgan fingerprint density at radius 1 is 1.00 bits per heavy atom. The molecule has 1 aliphatic heterocycles. The lowest BCUT2D eigenvalue weighted by Crippen LogP contribution is -2.44. The van der Waals surface area contributed by atoms with Crippen molar-refractivity contribution >= 4 is 0 Å². The first-order valence-corrected chi connectivity index (χ1v) is 7.85. The Kier molecular flexibility index (Phi) is 9.76. The number of hydrogen-bond donors (Lipinski definition) is 0. The number of nitrogens with zero attached hydrogens (tertiary/aromatic N) is 2. The van der Waals surface area contributed by atoms with E-state index < -0.39 is 0 Å². The molecule has 0 atom stereocenters. The number of ether oxygens (including phenoxy) is 1. The minimum atomic E-state index is 0.820. The van der Waals surface area contributed by atoms with Gasteiger partial charge in [-0.25, -0.2) is 0 Å². The van der Waals surface area contributed by atoms with E-state index in [0.717, 1.165) is 26.1 Å². The van der Waals surface area contributed by atoms with E-state index >= 15 is 0 Å². The normalized spacial score (nSPS) is 17.1. The lowest BCUT2D eigenvalue weighted by molar-refractivity contribution is 0.165. The van der Waals surface area contributed by atoms with Crippen LogP contribution in [-0.2, 0) is 4.74 Å². The second kappa shape index (κ2) is 11.6. The fourth-order valence-electron chi connectivity index (χ4n) is 2.38. The molecule has 1 aliphatic rings. The van der Waals surface area contributed by atoms with Gasteiger partial charge in [-0.05, 0) is 38.6 Å². The van der Waals surface area contributed by atoms with Crippen LogP contribution in [-0.4, -0.2) is 49.1 Å². The zero-order valence-electron chi connectivity index (χ0n) is 13.0. The van der Waals surface area contributed by atoms with Crippen LogP contribution in [0.25, 0.3) is 0 Å². The quantitative estimate of drug-likeness (QED) is 0.346. The zero-order valence-corrected chi connectivity index (χ0v) is 13.0. The molecule has 0 saturated carbocycles. The van der Waals surface area contributed by atoms with E-state index in [0.29, 0.717) is 0 Å². The fraction of sp³-hybridized carbons (Fsp3) is 0.647. The fourth-order valence-corrected chi connectivity index (χ4v) is 2.38. The van der Waals surface area contributed by atoms with E-state index in [1.165, 1.54) is 45.2 Å². The van der Waals surface area contributed by atoms with Gasteiger partial charge in [-0.3, -0.25) is 4.90 Å². The molecule has 0 amide bonds. The Bertz CT molecular complexity index is 291. The van der Waals surface area contributed by atoms with E-state index in [4.69, 9.17) is 4.74 Å². The van der Waals surface area contributed by atoms with Gasteiger partial charge in [0.1, 0.15) is 0 Å². The Labute approximate surface area is 124 Å². The van der Waals surface area contributed by atoms with Gasteiger partial charge in [0.05, 0.1) is 12.9 Å². The predicted octanol–water partition coefficient (Wildman–Crippen LogP) is 3.41. The molecule has 0 radical (unpaired) electrons. The molecule has 0 aromatic rings. The summed E-state index contributed by atoms with van der Waals surface area (Å²) in [6.07, 6.45) is 15.0. The molecule has 0 bridgehead atoms. The van der Waals surface area contributed by atoms with Crippen molar-refractivity contribution in [1.29, 1.82) is 0 Å². The second-order valence-electron chi connectivity index (χ2n) is 5.20. The van der Waals surface area contributed by atoms with Gasteiger partial charge in [0.2, 0.25) is 0 Å². The van der Waals surface area contributed by atoms with E-state index in [2.05, 4.69) is 40.8 Å². The molecule has 0 aromatic heterocycles. The SMILES string of the molecule is C=COCCCCCCN1CCN(/C=C/C=C/C)CC1. The summed E-state index contributed by atoms with van der Waals surface area (Å²) in [6, 6.07) is 0. The first-order chi connectivity index (χ1) is 9.86. The summed E-state index contributed by atoms with van der Waals surface area (Å²) in [7, 11) is 0. The maximum absolute atomic E-state index is 5.12. The lowest BCUT2D eigenvalue weighted by atomic mass is 10.2. The van der Waals surface area contributed by atoms with E-state index in [9.17, 15) is 0 Å². The molecule has 1 saturated heterocycles. The van der Waals surface area contributed by atoms with Crippen LogP contribution in [0.1, 0.15) is 32.6 Å². The first kappa shape index (κ1) is 16.8. The average molecular weight is 278 g/mol. The molecule has 1 fully saturated rings. The van der Waals surface area contributed by atoms with Crippen LogP contribution in [0.3, 0.4) is 0 Å². The van der Waals surface area contributed by atoms with Crippen LogP contribution in [0, 0.1) is 0 Å². The molecule has 0 aromatic carbocycles. The van der Waals surface area contributed by atoms with Crippen molar-refractivity contribution in [2.24, 2.45) is 0 Å². The molecular formula is C17H30N2O. The smallest absolute Gasteiger partial charge is 0.0873 e. The summed E-state index contributed by atoms with van der Waals surface area (Å²) < 4.78 is 5.12. The van der Waals surface area contributed by atoms with Gasteiger partial charge < -0.3 is 9.64 Å². The molecule has 20 heavy (non-hydrogen) atoms. The van der Waals surface area contributed by atoms with Crippen LogP contribution in [0.15, 0.2) is 37.3 Å². The summed E-state index contributed by atoms with van der Waals surface area (Å²) in [5, 5.41) is 0. The molecule has 3 nitrogen and oxygen atoms in total. The highest BCUT2D eigenvalue weighted by Crippen LogP contribution is 2.06. The molecule has 0 aliphatic carbocycles. The number of hydrogen-bond acceptors (Lipinski definition) is 3. The monoisotopic (exact) mass is 278 g/mol. The summed E-state index contributed by atoms with van der Waals surface area (Å²) >= 11 is 0. The van der Waals surface area contributed by atoms with Crippen LogP contribution >= 0.6 is 0 Å². The van der Waals surface area contributed by atoms with Crippen LogP contribution in [0.2, 0.25) is 0 Å². The molecule has 0 spiro atoms. The Morgan fingerprint density at radius 2 is 1.75 bits per heavy atom. The summed E-state index contributed by atoms with van der Waals surface area (Å²) in [5.74, 6) is 0. The minimum Gasteiger partial charge on any atom is -0.502 e. The van der Waals surface area contributed by atoms with Gasteiger partial charge >= 0.3 is 0 Å². The topological polar surface area (TPSA) is 15.7 Å². The maximum atomic E-state index is 5.12. The van der Waals surface area contributed by atoms with Crippen LogP contribution in [0.5, 0.6) is 0 Å². The van der Waals surface area contributed by atoms with Crippen LogP contribution < -0.4 is 0 Å². The van der Waals surface area contributed by atoms with Gasteiger partial charge in [0.25, 0.3) is 0 Å². The van der Waals surface area contributed by atoms with Crippen molar-refractivity contribution in [3.63, 3.8) is 0 Å². The molecule has 3 heteroatoms. The van der Waals surface area contributed by atoms with E-state index in [1.807, 2.05) is 6.92 Å². The van der Waals surface area contributed by atoms with Crippen molar-refractivity contribution in [3.8, 4) is 0 Å². The maximum Gasteiger partial charge on any atom is 0.0873 e. The Balaban J connectivity index is 1.98. The number of allylic oxidation sites excluding steroid dienone is 3.